The third-order valence-corrected chi connectivity index (χ3v) is 6.04. The molecule has 0 bridgehead atoms. The molecule has 1 N–H and O–H groups in total. The molecule has 0 saturated heterocycles. The molecule has 2 atom stereocenters. The molecular formula is C17H21N5OS. The molecule has 4 rings (SSSR count). The molecule has 1 aliphatic carbocycles. The van der Waals surface area contributed by atoms with Crippen molar-refractivity contribution in [3.05, 3.63) is 22.6 Å². The molecule has 0 aliphatic heterocycles. The van der Waals surface area contributed by atoms with Crippen molar-refractivity contribution >= 4 is 33.1 Å². The fraction of sp³-hybridized carbons (Fsp3) is 0.529. The van der Waals surface area contributed by atoms with E-state index in [1.165, 1.54) is 23.3 Å². The number of hydrogen-bond donors (Lipinski definition) is 1. The fourth-order valence-electron chi connectivity index (χ4n) is 3.37. The highest BCUT2D eigenvalue weighted by molar-refractivity contribution is 7.19. The summed E-state index contributed by atoms with van der Waals surface area (Å²) in [5, 5.41) is 8.35. The topological polar surface area (TPSA) is 72.2 Å². The van der Waals surface area contributed by atoms with E-state index in [4.69, 9.17) is 0 Å². The second kappa shape index (κ2) is 5.81. The van der Waals surface area contributed by atoms with E-state index < -0.39 is 0 Å². The van der Waals surface area contributed by atoms with Crippen molar-refractivity contribution in [1.82, 2.24) is 24.9 Å². The maximum atomic E-state index is 12.3. The summed E-state index contributed by atoms with van der Waals surface area (Å²) in [6.07, 6.45) is 6.07. The molecule has 6 nitrogen and oxygen atoms in total. The Morgan fingerprint density at radius 2 is 2.38 bits per heavy atom. The Morgan fingerprint density at radius 1 is 1.54 bits per heavy atom. The Bertz CT molecular complexity index is 928. The van der Waals surface area contributed by atoms with Gasteiger partial charge < -0.3 is 5.32 Å². The quantitative estimate of drug-likeness (QED) is 0.792. The first kappa shape index (κ1) is 15.5. The Labute approximate surface area is 144 Å². The van der Waals surface area contributed by atoms with Crippen LogP contribution in [-0.2, 0) is 6.42 Å². The third-order valence-electron chi connectivity index (χ3n) is 4.87. The average Bonchev–Trinajstić information content (AvgIpc) is 3.15. The van der Waals surface area contributed by atoms with Gasteiger partial charge in [0.25, 0.3) is 5.91 Å². The minimum atomic E-state index is -0.224. The van der Waals surface area contributed by atoms with E-state index >= 15 is 0 Å². The van der Waals surface area contributed by atoms with Crippen LogP contribution in [0.4, 0.5) is 0 Å². The van der Waals surface area contributed by atoms with Crippen molar-refractivity contribution in [1.29, 1.82) is 0 Å². The number of amides is 1. The monoisotopic (exact) mass is 343 g/mol. The molecule has 3 aromatic heterocycles. The van der Waals surface area contributed by atoms with Crippen molar-refractivity contribution in [3.8, 4) is 0 Å². The molecule has 126 valence electrons. The van der Waals surface area contributed by atoms with Crippen LogP contribution >= 0.6 is 11.3 Å². The van der Waals surface area contributed by atoms with Gasteiger partial charge in [-0.2, -0.15) is 0 Å². The Kier molecular flexibility index (Phi) is 3.75. The first-order chi connectivity index (χ1) is 11.6. The minimum Gasteiger partial charge on any atom is -0.347 e. The summed E-state index contributed by atoms with van der Waals surface area (Å²) >= 11 is 1.76. The van der Waals surface area contributed by atoms with Crippen LogP contribution in [0.2, 0.25) is 0 Å². The highest BCUT2D eigenvalue weighted by Gasteiger charge is 2.26. The lowest BCUT2D eigenvalue weighted by molar-refractivity contribution is 0.0929. The zero-order chi connectivity index (χ0) is 16.8. The molecule has 24 heavy (non-hydrogen) atoms. The number of hydrogen-bond acceptors (Lipinski definition) is 5. The summed E-state index contributed by atoms with van der Waals surface area (Å²) in [6.45, 7) is 6.28. The summed E-state index contributed by atoms with van der Waals surface area (Å²) in [6, 6.07) is 0.108. The second-order valence-corrected chi connectivity index (χ2v) is 7.73. The van der Waals surface area contributed by atoms with Gasteiger partial charge in [-0.3, -0.25) is 4.79 Å². The van der Waals surface area contributed by atoms with Gasteiger partial charge >= 0.3 is 0 Å². The lowest BCUT2D eigenvalue weighted by Crippen LogP contribution is -2.32. The number of nitrogens with zero attached hydrogens (tertiary/aromatic N) is 4. The van der Waals surface area contributed by atoms with Crippen LogP contribution in [0.3, 0.4) is 0 Å². The van der Waals surface area contributed by atoms with Gasteiger partial charge in [-0.15, -0.1) is 16.4 Å². The normalized spacial score (nSPS) is 18.7. The van der Waals surface area contributed by atoms with Gasteiger partial charge in [0.05, 0.1) is 5.39 Å². The van der Waals surface area contributed by atoms with Crippen molar-refractivity contribution < 1.29 is 4.79 Å². The number of aryl methyl sites for hydroxylation is 1. The van der Waals surface area contributed by atoms with Crippen LogP contribution in [-0.4, -0.2) is 31.5 Å². The standard InChI is InChI=1S/C17H21N5OS/c1-4-10(3)19-16(23)14-20-15-13-12-9(2)6-5-7-11(12)24-17(13)18-8-22(15)21-14/h8-10H,4-7H2,1-3H3,(H,19,23). The first-order valence-corrected chi connectivity index (χ1v) is 9.37. The summed E-state index contributed by atoms with van der Waals surface area (Å²) in [5.74, 6) is 0.496. The van der Waals surface area contributed by atoms with Crippen molar-refractivity contribution in [2.24, 2.45) is 0 Å². The van der Waals surface area contributed by atoms with E-state index in [2.05, 4.69) is 27.3 Å². The van der Waals surface area contributed by atoms with Crippen molar-refractivity contribution in [2.45, 2.75) is 58.4 Å². The number of carbonyl (C=O) groups is 1. The van der Waals surface area contributed by atoms with E-state index in [0.717, 1.165) is 28.7 Å². The molecule has 3 aromatic rings. The third kappa shape index (κ3) is 2.38. The zero-order valence-corrected chi connectivity index (χ0v) is 15.0. The first-order valence-electron chi connectivity index (χ1n) is 8.56. The molecular weight excluding hydrogens is 322 g/mol. The molecule has 3 heterocycles. The summed E-state index contributed by atoms with van der Waals surface area (Å²) < 4.78 is 1.64. The Morgan fingerprint density at radius 3 is 3.17 bits per heavy atom. The molecule has 0 saturated carbocycles. The smallest absolute Gasteiger partial charge is 0.291 e. The lowest BCUT2D eigenvalue weighted by atomic mass is 9.87. The molecule has 1 amide bonds. The predicted octanol–water partition coefficient (Wildman–Crippen LogP) is 3.31. The van der Waals surface area contributed by atoms with E-state index in [0.29, 0.717) is 5.92 Å². The Hall–Kier alpha value is -2.02. The van der Waals surface area contributed by atoms with Gasteiger partial charge in [0.15, 0.2) is 5.65 Å². The van der Waals surface area contributed by atoms with Gasteiger partial charge in [-0.05, 0) is 44.1 Å². The highest BCUT2D eigenvalue weighted by atomic mass is 32.1. The number of thiophene rings is 1. The van der Waals surface area contributed by atoms with Gasteiger partial charge in [-0.1, -0.05) is 13.8 Å². The van der Waals surface area contributed by atoms with Crippen LogP contribution in [0.25, 0.3) is 15.9 Å². The average molecular weight is 343 g/mol. The number of carbonyl (C=O) groups excluding carboxylic acids is 1. The minimum absolute atomic E-state index is 0.108. The number of aromatic nitrogens is 4. The molecule has 0 radical (unpaired) electrons. The van der Waals surface area contributed by atoms with Crippen LogP contribution in [0, 0.1) is 0 Å². The van der Waals surface area contributed by atoms with E-state index in [-0.39, 0.29) is 17.8 Å². The van der Waals surface area contributed by atoms with Gasteiger partial charge in [0.1, 0.15) is 11.2 Å². The molecule has 0 aromatic carbocycles. The summed E-state index contributed by atoms with van der Waals surface area (Å²) in [7, 11) is 0. The lowest BCUT2D eigenvalue weighted by Gasteiger charge is -2.18. The summed E-state index contributed by atoms with van der Waals surface area (Å²) in [4.78, 5) is 23.9. The predicted molar refractivity (Wildman–Crippen MR) is 94.7 cm³/mol. The van der Waals surface area contributed by atoms with Gasteiger partial charge in [0.2, 0.25) is 5.82 Å². The maximum absolute atomic E-state index is 12.3. The number of nitrogens with one attached hydrogen (secondary N) is 1. The van der Waals surface area contributed by atoms with Crippen LogP contribution in [0.15, 0.2) is 6.33 Å². The molecule has 1 aliphatic rings. The molecule has 2 unspecified atom stereocenters. The number of fused-ring (bicyclic) bond motifs is 5. The zero-order valence-electron chi connectivity index (χ0n) is 14.2. The van der Waals surface area contributed by atoms with E-state index in [1.807, 2.05) is 13.8 Å². The van der Waals surface area contributed by atoms with Crippen LogP contribution < -0.4 is 5.32 Å². The van der Waals surface area contributed by atoms with Gasteiger partial charge in [-0.25, -0.2) is 14.5 Å². The number of rotatable bonds is 3. The highest BCUT2D eigenvalue weighted by Crippen LogP contribution is 2.42. The van der Waals surface area contributed by atoms with E-state index in [1.54, 1.807) is 22.2 Å². The van der Waals surface area contributed by atoms with Gasteiger partial charge in [0, 0.05) is 10.9 Å². The van der Waals surface area contributed by atoms with Crippen LogP contribution in [0.5, 0.6) is 0 Å². The fourth-order valence-corrected chi connectivity index (χ4v) is 4.67. The molecule has 7 heteroatoms. The molecule has 0 spiro atoms. The SMILES string of the molecule is CCC(C)NC(=O)c1nc2c3c4c(sc3ncn2n1)CCCC4C. The van der Waals surface area contributed by atoms with Crippen molar-refractivity contribution in [2.75, 3.05) is 0 Å². The Balaban J connectivity index is 1.86. The molecule has 0 fully saturated rings. The summed E-state index contributed by atoms with van der Waals surface area (Å²) in [5.41, 5.74) is 2.11. The second-order valence-electron chi connectivity index (χ2n) is 6.64. The largest absolute Gasteiger partial charge is 0.347 e. The van der Waals surface area contributed by atoms with Crippen LogP contribution in [0.1, 0.15) is 67.0 Å². The van der Waals surface area contributed by atoms with E-state index in [9.17, 15) is 4.79 Å². The van der Waals surface area contributed by atoms with Crippen molar-refractivity contribution in [3.63, 3.8) is 0 Å². The maximum Gasteiger partial charge on any atom is 0.291 e.